The van der Waals surface area contributed by atoms with Gasteiger partial charge < -0.3 is 15.1 Å². The predicted octanol–water partition coefficient (Wildman–Crippen LogP) is 0.575. The van der Waals surface area contributed by atoms with Gasteiger partial charge in [-0.3, -0.25) is 0 Å². The molecule has 0 bridgehead atoms. The van der Waals surface area contributed by atoms with E-state index in [4.69, 9.17) is 0 Å². The number of nitrogens with one attached hydrogen (secondary N) is 1. The summed E-state index contributed by atoms with van der Waals surface area (Å²) in [6.45, 7) is 4.78. The Morgan fingerprint density at radius 1 is 1.27 bits per heavy atom. The third kappa shape index (κ3) is 6.40. The summed E-state index contributed by atoms with van der Waals surface area (Å²) in [5.74, 6) is 2.55. The first-order valence-corrected chi connectivity index (χ1v) is 6.98. The first-order valence-electron chi connectivity index (χ1n) is 5.83. The first-order chi connectivity index (χ1) is 7.18. The first kappa shape index (κ1) is 13.3. The van der Waals surface area contributed by atoms with E-state index in [1.165, 1.54) is 44.1 Å². The molecule has 1 heterocycles. The summed E-state index contributed by atoms with van der Waals surface area (Å²) in [7, 11) is 6.51. The lowest BCUT2D eigenvalue weighted by Gasteiger charge is -2.28. The number of hydrogen-bond acceptors (Lipinski definition) is 4. The maximum absolute atomic E-state index is 3.58. The summed E-state index contributed by atoms with van der Waals surface area (Å²) in [4.78, 5) is 4.70. The van der Waals surface area contributed by atoms with Crippen LogP contribution in [-0.2, 0) is 0 Å². The Morgan fingerprint density at radius 2 is 2.07 bits per heavy atom. The minimum absolute atomic E-state index is 0.702. The SMILES string of the molecule is CN(C)CCCN(C)CC1CSCCN1. The zero-order chi connectivity index (χ0) is 11.1. The number of rotatable bonds is 6. The summed E-state index contributed by atoms with van der Waals surface area (Å²) in [5, 5.41) is 3.58. The second-order valence-corrected chi connectivity index (χ2v) is 5.79. The summed E-state index contributed by atoms with van der Waals surface area (Å²) in [5.41, 5.74) is 0. The van der Waals surface area contributed by atoms with Gasteiger partial charge in [0.2, 0.25) is 0 Å². The van der Waals surface area contributed by atoms with Gasteiger partial charge in [-0.05, 0) is 40.7 Å². The molecule has 0 saturated carbocycles. The van der Waals surface area contributed by atoms with E-state index in [0.29, 0.717) is 6.04 Å². The van der Waals surface area contributed by atoms with Crippen LogP contribution in [0.25, 0.3) is 0 Å². The molecule has 0 aliphatic carbocycles. The van der Waals surface area contributed by atoms with Crippen molar-refractivity contribution in [2.24, 2.45) is 0 Å². The molecule has 0 amide bonds. The van der Waals surface area contributed by atoms with Crippen LogP contribution in [0.1, 0.15) is 6.42 Å². The molecule has 0 aromatic heterocycles. The van der Waals surface area contributed by atoms with Crippen molar-refractivity contribution >= 4 is 11.8 Å². The lowest BCUT2D eigenvalue weighted by atomic mass is 10.3. The Labute approximate surface area is 98.6 Å². The van der Waals surface area contributed by atoms with Crippen LogP contribution in [0.2, 0.25) is 0 Å². The van der Waals surface area contributed by atoms with E-state index in [2.05, 4.69) is 48.0 Å². The molecule has 90 valence electrons. The van der Waals surface area contributed by atoms with Gasteiger partial charge in [0, 0.05) is 30.6 Å². The lowest BCUT2D eigenvalue weighted by molar-refractivity contribution is 0.277. The molecule has 0 radical (unpaired) electrons. The second kappa shape index (κ2) is 7.49. The van der Waals surface area contributed by atoms with Gasteiger partial charge >= 0.3 is 0 Å². The van der Waals surface area contributed by atoms with Crippen molar-refractivity contribution in [3.8, 4) is 0 Å². The highest BCUT2D eigenvalue weighted by molar-refractivity contribution is 7.99. The molecule has 1 fully saturated rings. The second-order valence-electron chi connectivity index (χ2n) is 4.65. The average Bonchev–Trinajstić information content (AvgIpc) is 2.18. The van der Waals surface area contributed by atoms with E-state index >= 15 is 0 Å². The summed E-state index contributed by atoms with van der Waals surface area (Å²) < 4.78 is 0. The van der Waals surface area contributed by atoms with Crippen LogP contribution in [0.4, 0.5) is 0 Å². The number of hydrogen-bond donors (Lipinski definition) is 1. The van der Waals surface area contributed by atoms with Crippen molar-refractivity contribution in [2.75, 3.05) is 58.8 Å². The molecule has 1 aliphatic rings. The Kier molecular flexibility index (Phi) is 6.64. The minimum Gasteiger partial charge on any atom is -0.311 e. The largest absolute Gasteiger partial charge is 0.311 e. The molecule has 1 rings (SSSR count). The highest BCUT2D eigenvalue weighted by Gasteiger charge is 2.14. The van der Waals surface area contributed by atoms with Crippen molar-refractivity contribution in [1.29, 1.82) is 0 Å². The molecule has 1 unspecified atom stereocenters. The zero-order valence-electron chi connectivity index (χ0n) is 10.3. The standard InChI is InChI=1S/C11H25N3S/c1-13(2)6-4-7-14(3)9-11-10-15-8-5-12-11/h11-12H,4-10H2,1-3H3. The van der Waals surface area contributed by atoms with Gasteiger partial charge in [-0.15, -0.1) is 0 Å². The van der Waals surface area contributed by atoms with E-state index in [9.17, 15) is 0 Å². The topological polar surface area (TPSA) is 18.5 Å². The highest BCUT2D eigenvalue weighted by atomic mass is 32.2. The number of nitrogens with zero attached hydrogens (tertiary/aromatic N) is 2. The van der Waals surface area contributed by atoms with Crippen LogP contribution in [-0.4, -0.2) is 74.7 Å². The molecule has 15 heavy (non-hydrogen) atoms. The molecular weight excluding hydrogens is 206 g/mol. The molecule has 0 aromatic carbocycles. The van der Waals surface area contributed by atoms with E-state index in [-0.39, 0.29) is 0 Å². The lowest BCUT2D eigenvalue weighted by Crippen LogP contribution is -2.45. The van der Waals surface area contributed by atoms with Gasteiger partial charge in [-0.1, -0.05) is 0 Å². The molecule has 1 atom stereocenters. The van der Waals surface area contributed by atoms with E-state index < -0.39 is 0 Å². The van der Waals surface area contributed by atoms with Crippen LogP contribution in [0.3, 0.4) is 0 Å². The van der Waals surface area contributed by atoms with Crippen molar-refractivity contribution in [3.63, 3.8) is 0 Å². The minimum atomic E-state index is 0.702. The van der Waals surface area contributed by atoms with Crippen molar-refractivity contribution in [1.82, 2.24) is 15.1 Å². The van der Waals surface area contributed by atoms with Crippen molar-refractivity contribution in [2.45, 2.75) is 12.5 Å². The zero-order valence-corrected chi connectivity index (χ0v) is 11.1. The molecule has 4 heteroatoms. The van der Waals surface area contributed by atoms with E-state index in [1.807, 2.05) is 0 Å². The van der Waals surface area contributed by atoms with Gasteiger partial charge in [0.15, 0.2) is 0 Å². The molecule has 1 N–H and O–H groups in total. The van der Waals surface area contributed by atoms with Crippen LogP contribution < -0.4 is 5.32 Å². The van der Waals surface area contributed by atoms with Crippen LogP contribution in [0.5, 0.6) is 0 Å². The summed E-state index contributed by atoms with van der Waals surface area (Å²) in [6, 6.07) is 0.702. The highest BCUT2D eigenvalue weighted by Crippen LogP contribution is 2.08. The van der Waals surface area contributed by atoms with Crippen molar-refractivity contribution in [3.05, 3.63) is 0 Å². The normalized spacial score (nSPS) is 22.6. The molecular formula is C11H25N3S. The van der Waals surface area contributed by atoms with Gasteiger partial charge in [0.1, 0.15) is 0 Å². The Hall–Kier alpha value is 0.230. The Bertz CT molecular complexity index is 158. The molecule has 3 nitrogen and oxygen atoms in total. The predicted molar refractivity (Wildman–Crippen MR) is 69.8 cm³/mol. The molecule has 1 saturated heterocycles. The van der Waals surface area contributed by atoms with Gasteiger partial charge in [-0.2, -0.15) is 11.8 Å². The maximum Gasteiger partial charge on any atom is 0.0285 e. The average molecular weight is 231 g/mol. The fraction of sp³-hybridized carbons (Fsp3) is 1.00. The van der Waals surface area contributed by atoms with Crippen LogP contribution >= 0.6 is 11.8 Å². The van der Waals surface area contributed by atoms with E-state index in [1.54, 1.807) is 0 Å². The molecule has 1 aliphatic heterocycles. The number of likely N-dealkylation sites (N-methyl/N-ethyl adjacent to an activating group) is 1. The molecule has 0 aromatic rings. The van der Waals surface area contributed by atoms with E-state index in [0.717, 1.165) is 0 Å². The van der Waals surface area contributed by atoms with Crippen LogP contribution in [0, 0.1) is 0 Å². The van der Waals surface area contributed by atoms with Gasteiger partial charge in [-0.25, -0.2) is 0 Å². The van der Waals surface area contributed by atoms with Gasteiger partial charge in [0.05, 0.1) is 0 Å². The number of thioether (sulfide) groups is 1. The smallest absolute Gasteiger partial charge is 0.0285 e. The fourth-order valence-electron chi connectivity index (χ4n) is 1.86. The quantitative estimate of drug-likeness (QED) is 0.720. The third-order valence-electron chi connectivity index (χ3n) is 2.68. The monoisotopic (exact) mass is 231 g/mol. The Balaban J connectivity index is 2.03. The Morgan fingerprint density at radius 3 is 2.67 bits per heavy atom. The van der Waals surface area contributed by atoms with Crippen molar-refractivity contribution < 1.29 is 0 Å². The van der Waals surface area contributed by atoms with Crippen LogP contribution in [0.15, 0.2) is 0 Å². The summed E-state index contributed by atoms with van der Waals surface area (Å²) in [6.07, 6.45) is 1.27. The fourth-order valence-corrected chi connectivity index (χ4v) is 2.80. The maximum atomic E-state index is 3.58. The van der Waals surface area contributed by atoms with Gasteiger partial charge in [0.25, 0.3) is 0 Å². The molecule has 0 spiro atoms. The summed E-state index contributed by atoms with van der Waals surface area (Å²) >= 11 is 2.08. The third-order valence-corrected chi connectivity index (χ3v) is 3.81.